The van der Waals surface area contributed by atoms with Crippen molar-refractivity contribution in [2.24, 2.45) is 0 Å². The number of nitro benzene ring substituents is 1. The molecular weight excluding hydrogens is 230 g/mol. The van der Waals surface area contributed by atoms with E-state index in [0.29, 0.717) is 11.7 Å². The van der Waals surface area contributed by atoms with E-state index in [1.807, 2.05) is 6.07 Å². The molecule has 0 aliphatic carbocycles. The van der Waals surface area contributed by atoms with Crippen LogP contribution in [-0.4, -0.2) is 29.5 Å². The average Bonchev–Trinajstić information content (AvgIpc) is 2.75. The number of likely N-dealkylation sites (tertiary alicyclic amines) is 1. The van der Waals surface area contributed by atoms with E-state index in [1.54, 1.807) is 19.2 Å². The summed E-state index contributed by atoms with van der Waals surface area (Å²) in [5.41, 5.74) is 1.73. The number of hydrogen-bond acceptors (Lipinski definition) is 4. The third-order valence-corrected chi connectivity index (χ3v) is 3.60. The number of hydrogen-bond donors (Lipinski definition) is 1. The van der Waals surface area contributed by atoms with E-state index in [4.69, 9.17) is 0 Å². The second-order valence-corrected chi connectivity index (χ2v) is 4.82. The molecule has 5 heteroatoms. The summed E-state index contributed by atoms with van der Waals surface area (Å²) in [5.74, 6) is 0. The molecule has 1 fully saturated rings. The van der Waals surface area contributed by atoms with Gasteiger partial charge in [0.15, 0.2) is 0 Å². The average molecular weight is 249 g/mol. The van der Waals surface area contributed by atoms with Crippen LogP contribution in [0.5, 0.6) is 0 Å². The Labute approximate surface area is 107 Å². The Morgan fingerprint density at radius 1 is 1.56 bits per heavy atom. The van der Waals surface area contributed by atoms with Crippen molar-refractivity contribution < 1.29 is 4.92 Å². The maximum atomic E-state index is 11.0. The van der Waals surface area contributed by atoms with Gasteiger partial charge in [0, 0.05) is 25.7 Å². The first-order chi connectivity index (χ1) is 8.61. The molecule has 18 heavy (non-hydrogen) atoms. The maximum Gasteiger partial charge on any atom is 0.292 e. The summed E-state index contributed by atoms with van der Waals surface area (Å²) in [6.45, 7) is 4.10. The molecular formula is C13H19N3O2. The Morgan fingerprint density at radius 2 is 2.33 bits per heavy atom. The number of anilines is 1. The third kappa shape index (κ3) is 2.61. The summed E-state index contributed by atoms with van der Waals surface area (Å²) in [5, 5.41) is 13.8. The quantitative estimate of drug-likeness (QED) is 0.658. The minimum Gasteiger partial charge on any atom is -0.383 e. The molecule has 5 nitrogen and oxygen atoms in total. The Morgan fingerprint density at radius 3 is 2.89 bits per heavy atom. The van der Waals surface area contributed by atoms with Crippen LogP contribution in [0.25, 0.3) is 0 Å². The molecule has 0 radical (unpaired) electrons. The number of benzene rings is 1. The Bertz CT molecular complexity index is 448. The summed E-state index contributed by atoms with van der Waals surface area (Å²) in [4.78, 5) is 13.0. The number of rotatable bonds is 4. The number of nitrogens with zero attached hydrogens (tertiary/aromatic N) is 2. The zero-order chi connectivity index (χ0) is 13.1. The van der Waals surface area contributed by atoms with Gasteiger partial charge >= 0.3 is 0 Å². The number of nitro groups is 1. The predicted octanol–water partition coefficient (Wildman–Crippen LogP) is 2.62. The highest BCUT2D eigenvalue weighted by molar-refractivity contribution is 5.62. The molecule has 1 aliphatic rings. The van der Waals surface area contributed by atoms with Crippen molar-refractivity contribution in [3.63, 3.8) is 0 Å². The summed E-state index contributed by atoms with van der Waals surface area (Å²) in [6, 6.07) is 6.00. The summed E-state index contributed by atoms with van der Waals surface area (Å²) in [6.07, 6.45) is 2.44. The van der Waals surface area contributed by atoms with Crippen LogP contribution in [0, 0.1) is 10.1 Å². The van der Waals surface area contributed by atoms with Gasteiger partial charge in [0.2, 0.25) is 0 Å². The number of nitrogens with one attached hydrogen (secondary N) is 1. The zero-order valence-corrected chi connectivity index (χ0v) is 10.8. The fourth-order valence-corrected chi connectivity index (χ4v) is 2.50. The van der Waals surface area contributed by atoms with E-state index in [1.165, 1.54) is 12.8 Å². The molecule has 0 saturated carbocycles. The van der Waals surface area contributed by atoms with E-state index in [2.05, 4.69) is 17.1 Å². The molecule has 1 aromatic rings. The van der Waals surface area contributed by atoms with Crippen LogP contribution < -0.4 is 5.32 Å². The Hall–Kier alpha value is -1.62. The SMILES string of the molecule is CNc1ccc(CN2CCCC2C)cc1[N+](=O)[O-]. The molecule has 1 unspecified atom stereocenters. The molecule has 1 aromatic carbocycles. The van der Waals surface area contributed by atoms with Crippen molar-refractivity contribution in [2.75, 3.05) is 18.9 Å². The lowest BCUT2D eigenvalue weighted by molar-refractivity contribution is -0.384. The van der Waals surface area contributed by atoms with Crippen molar-refractivity contribution in [1.82, 2.24) is 4.90 Å². The minimum atomic E-state index is -0.331. The molecule has 1 N–H and O–H groups in total. The lowest BCUT2D eigenvalue weighted by Gasteiger charge is -2.20. The fourth-order valence-electron chi connectivity index (χ4n) is 2.50. The molecule has 1 heterocycles. The van der Waals surface area contributed by atoms with Gasteiger partial charge in [-0.3, -0.25) is 15.0 Å². The summed E-state index contributed by atoms with van der Waals surface area (Å²) >= 11 is 0. The van der Waals surface area contributed by atoms with Gasteiger partial charge in [-0.2, -0.15) is 0 Å². The summed E-state index contributed by atoms with van der Waals surface area (Å²) in [7, 11) is 1.70. The van der Waals surface area contributed by atoms with Crippen LogP contribution in [-0.2, 0) is 6.54 Å². The second kappa shape index (κ2) is 5.35. The van der Waals surface area contributed by atoms with Crippen molar-refractivity contribution >= 4 is 11.4 Å². The Kier molecular flexibility index (Phi) is 3.81. The molecule has 1 atom stereocenters. The van der Waals surface area contributed by atoms with Crippen LogP contribution in [0.3, 0.4) is 0 Å². The van der Waals surface area contributed by atoms with E-state index in [0.717, 1.165) is 18.7 Å². The van der Waals surface area contributed by atoms with Crippen molar-refractivity contribution in [2.45, 2.75) is 32.4 Å². The lowest BCUT2D eigenvalue weighted by Crippen LogP contribution is -2.26. The molecule has 0 amide bonds. The molecule has 1 aliphatic heterocycles. The molecule has 0 spiro atoms. The van der Waals surface area contributed by atoms with Gasteiger partial charge in [-0.1, -0.05) is 6.07 Å². The van der Waals surface area contributed by atoms with Crippen molar-refractivity contribution in [1.29, 1.82) is 0 Å². The monoisotopic (exact) mass is 249 g/mol. The van der Waals surface area contributed by atoms with Crippen molar-refractivity contribution in [3.8, 4) is 0 Å². The van der Waals surface area contributed by atoms with Crippen LogP contribution in [0.1, 0.15) is 25.3 Å². The standard InChI is InChI=1S/C13H19N3O2/c1-10-4-3-7-15(10)9-11-5-6-12(14-2)13(8-11)16(17)18/h5-6,8,10,14H,3-4,7,9H2,1-2H3. The second-order valence-electron chi connectivity index (χ2n) is 4.82. The first-order valence-electron chi connectivity index (χ1n) is 6.31. The van der Waals surface area contributed by atoms with Gasteiger partial charge in [0.05, 0.1) is 4.92 Å². The predicted molar refractivity (Wildman–Crippen MR) is 71.7 cm³/mol. The first kappa shape index (κ1) is 12.8. The third-order valence-electron chi connectivity index (χ3n) is 3.60. The van der Waals surface area contributed by atoms with E-state index >= 15 is 0 Å². The maximum absolute atomic E-state index is 11.0. The highest BCUT2D eigenvalue weighted by Crippen LogP contribution is 2.27. The van der Waals surface area contributed by atoms with E-state index in [-0.39, 0.29) is 10.6 Å². The van der Waals surface area contributed by atoms with Gasteiger partial charge in [0.1, 0.15) is 5.69 Å². The normalized spacial score (nSPS) is 20.0. The first-order valence-corrected chi connectivity index (χ1v) is 6.31. The summed E-state index contributed by atoms with van der Waals surface area (Å²) < 4.78 is 0. The topological polar surface area (TPSA) is 58.4 Å². The van der Waals surface area contributed by atoms with Gasteiger partial charge < -0.3 is 5.32 Å². The van der Waals surface area contributed by atoms with Gasteiger partial charge in [0.25, 0.3) is 5.69 Å². The Balaban J connectivity index is 2.18. The minimum absolute atomic E-state index is 0.154. The molecule has 0 aromatic heterocycles. The highest BCUT2D eigenvalue weighted by atomic mass is 16.6. The molecule has 1 saturated heterocycles. The molecule has 2 rings (SSSR count). The van der Waals surface area contributed by atoms with Crippen LogP contribution >= 0.6 is 0 Å². The highest BCUT2D eigenvalue weighted by Gasteiger charge is 2.21. The molecule has 0 bridgehead atoms. The van der Waals surface area contributed by atoms with Gasteiger partial charge in [-0.15, -0.1) is 0 Å². The van der Waals surface area contributed by atoms with Crippen LogP contribution in [0.2, 0.25) is 0 Å². The smallest absolute Gasteiger partial charge is 0.292 e. The van der Waals surface area contributed by atoms with E-state index < -0.39 is 0 Å². The van der Waals surface area contributed by atoms with E-state index in [9.17, 15) is 10.1 Å². The van der Waals surface area contributed by atoms with Gasteiger partial charge in [-0.05, 0) is 37.9 Å². The lowest BCUT2D eigenvalue weighted by atomic mass is 10.1. The zero-order valence-electron chi connectivity index (χ0n) is 10.8. The van der Waals surface area contributed by atoms with Gasteiger partial charge in [-0.25, -0.2) is 0 Å². The van der Waals surface area contributed by atoms with Crippen LogP contribution in [0.4, 0.5) is 11.4 Å². The fraction of sp³-hybridized carbons (Fsp3) is 0.538. The molecule has 98 valence electrons. The van der Waals surface area contributed by atoms with Crippen molar-refractivity contribution in [3.05, 3.63) is 33.9 Å². The van der Waals surface area contributed by atoms with Crippen LogP contribution in [0.15, 0.2) is 18.2 Å². The largest absolute Gasteiger partial charge is 0.383 e.